The largest absolute Gasteiger partial charge is 0.507 e. The van der Waals surface area contributed by atoms with E-state index >= 15 is 0 Å². The Balaban J connectivity index is 0.00000163. The number of nitrogens with zero attached hydrogens (tertiary/aromatic N) is 2. The van der Waals surface area contributed by atoms with E-state index in [9.17, 15) is 15.0 Å². The fraction of sp³-hybridized carbons (Fsp3) is 0.605. The van der Waals surface area contributed by atoms with Crippen molar-refractivity contribution in [2.45, 2.75) is 143 Å². The zero-order chi connectivity index (χ0) is 34.5. The molecule has 2 aromatic carbocycles. The Morgan fingerprint density at radius 2 is 1.00 bits per heavy atom. The van der Waals surface area contributed by atoms with Crippen LogP contribution in [0, 0.1) is 0 Å². The number of aliphatic imine (C=N–C) groups is 2. The maximum absolute atomic E-state index is 11.2. The van der Waals surface area contributed by atoms with E-state index in [0.717, 1.165) is 47.9 Å². The number of halogens is 1. The van der Waals surface area contributed by atoms with Crippen LogP contribution in [-0.2, 0) is 43.2 Å². The second kappa shape index (κ2) is 16.2. The number of phenolic OH excluding ortho intramolecular Hbond substituents is 2. The van der Waals surface area contributed by atoms with Crippen LogP contribution in [0.25, 0.3) is 0 Å². The summed E-state index contributed by atoms with van der Waals surface area (Å²) < 4.78 is 0. The van der Waals surface area contributed by atoms with Gasteiger partial charge in [-0.15, -0.1) is 11.6 Å². The molecule has 1 fully saturated rings. The van der Waals surface area contributed by atoms with Crippen LogP contribution >= 0.6 is 11.6 Å². The smallest absolute Gasteiger partial charge is 0.318 e. The van der Waals surface area contributed by atoms with Gasteiger partial charge in [0.2, 0.25) is 0 Å². The van der Waals surface area contributed by atoms with Gasteiger partial charge in [-0.3, -0.25) is 14.8 Å². The van der Waals surface area contributed by atoms with E-state index < -0.39 is 5.97 Å². The summed E-state index contributed by atoms with van der Waals surface area (Å²) in [4.78, 5) is 19.3. The maximum Gasteiger partial charge on any atom is 0.318 e. The topological polar surface area (TPSA) is 102 Å². The van der Waals surface area contributed by atoms with Crippen molar-refractivity contribution >= 4 is 30.0 Å². The van der Waals surface area contributed by atoms with E-state index in [2.05, 4.69) is 107 Å². The molecule has 6 nitrogen and oxygen atoms in total. The summed E-state index contributed by atoms with van der Waals surface area (Å²) >= 11 is 4.74. The van der Waals surface area contributed by atoms with Gasteiger partial charge in [0.05, 0.1) is 12.1 Å². The number of benzene rings is 2. The van der Waals surface area contributed by atoms with Crippen LogP contribution in [0.5, 0.6) is 11.5 Å². The minimum Gasteiger partial charge on any atom is -0.507 e. The fourth-order valence-corrected chi connectivity index (χ4v) is 5.31. The Bertz CT molecular complexity index is 1290. The molecular weight excluding hydrogens is 643 g/mol. The van der Waals surface area contributed by atoms with Gasteiger partial charge in [-0.25, -0.2) is 0 Å². The predicted octanol–water partition coefficient (Wildman–Crippen LogP) is 9.44. The van der Waals surface area contributed by atoms with Crippen LogP contribution in [0.1, 0.15) is 142 Å². The van der Waals surface area contributed by atoms with Crippen molar-refractivity contribution in [3.8, 4) is 11.5 Å². The number of aliphatic carboxylic acids is 1. The van der Waals surface area contributed by atoms with Crippen molar-refractivity contribution in [1.29, 1.82) is 0 Å². The van der Waals surface area contributed by atoms with Crippen LogP contribution in [-0.4, -0.2) is 51.7 Å². The third-order valence-corrected chi connectivity index (χ3v) is 8.47. The first-order valence-electron chi connectivity index (χ1n) is 16.1. The third kappa shape index (κ3) is 11.7. The number of carbonyl (C=O) groups is 1. The van der Waals surface area contributed by atoms with E-state index in [1.54, 1.807) is 0 Å². The van der Waals surface area contributed by atoms with Gasteiger partial charge in [-0.05, 0) is 57.8 Å². The molecule has 0 bridgehead atoms. The molecule has 0 aliphatic heterocycles. The fourth-order valence-electron chi connectivity index (χ4n) is 5.31. The number of aromatic hydroxyl groups is 2. The van der Waals surface area contributed by atoms with E-state index in [-0.39, 0.29) is 56.4 Å². The first kappa shape index (κ1) is 41.7. The Hall–Kier alpha value is -2.35. The Labute approximate surface area is 293 Å². The first-order chi connectivity index (χ1) is 20.5. The monoisotopic (exact) mass is 699 g/mol. The summed E-state index contributed by atoms with van der Waals surface area (Å²) in [7, 11) is 0. The van der Waals surface area contributed by atoms with Gasteiger partial charge in [-0.1, -0.05) is 108 Å². The summed E-state index contributed by atoms with van der Waals surface area (Å²) in [5.74, 6) is -0.649. The Kier molecular flexibility index (Phi) is 14.6. The van der Waals surface area contributed by atoms with Gasteiger partial charge < -0.3 is 15.3 Å². The third-order valence-electron chi connectivity index (χ3n) is 8.25. The molecule has 1 saturated carbocycles. The molecule has 46 heavy (non-hydrogen) atoms. The summed E-state index contributed by atoms with van der Waals surface area (Å²) in [5.41, 5.74) is 5.39. The molecule has 1 aliphatic carbocycles. The molecule has 0 heterocycles. The average molecular weight is 700 g/mol. The number of carboxylic acid groups (broad SMARTS) is 1. The van der Waals surface area contributed by atoms with Gasteiger partial charge in [0.15, 0.2) is 0 Å². The molecule has 3 rings (SSSR count). The van der Waals surface area contributed by atoms with Crippen LogP contribution in [0.3, 0.4) is 0 Å². The van der Waals surface area contributed by atoms with Crippen LogP contribution in [0.2, 0.25) is 0 Å². The van der Waals surface area contributed by atoms with Crippen molar-refractivity contribution in [2.75, 3.05) is 5.88 Å². The van der Waals surface area contributed by atoms with Crippen LogP contribution in [0.4, 0.5) is 0 Å². The van der Waals surface area contributed by atoms with Gasteiger partial charge >= 0.3 is 5.97 Å². The molecule has 2 aromatic rings. The number of phenols is 2. The van der Waals surface area contributed by atoms with E-state index in [1.165, 1.54) is 11.1 Å². The standard InChI is InChI=1S/C36H54N2O2.C2H3ClO2.Co/c1-33(2,3)25-17-23(31(39)27(19-25)35(7,8)9)21-37-29-15-13-14-16-30(29)38-22-24-18-26(34(4,5)6)20-28(32(24)40)36(10,11)12;3-1-2(4)5;/h17-22,29-30,39-40H,13-16H2,1-12H3;1H2,(H,4,5);. The molecule has 0 spiro atoms. The second-order valence-corrected chi connectivity index (χ2v) is 16.7. The zero-order valence-corrected chi connectivity index (χ0v) is 31.8. The van der Waals surface area contributed by atoms with Gasteiger partial charge in [0.1, 0.15) is 17.4 Å². The van der Waals surface area contributed by atoms with Gasteiger partial charge in [-0.2, -0.15) is 0 Å². The van der Waals surface area contributed by atoms with Crippen molar-refractivity contribution in [3.05, 3.63) is 57.6 Å². The first-order valence-corrected chi connectivity index (χ1v) is 16.6. The van der Waals surface area contributed by atoms with Crippen molar-refractivity contribution in [2.24, 2.45) is 9.98 Å². The normalized spacial score (nSPS) is 17.8. The summed E-state index contributed by atoms with van der Waals surface area (Å²) in [5, 5.41) is 30.0. The quantitative estimate of drug-likeness (QED) is 0.214. The number of hydrogen-bond donors (Lipinski definition) is 3. The molecule has 0 aromatic heterocycles. The summed E-state index contributed by atoms with van der Waals surface area (Å²) in [6, 6.07) is 8.53. The predicted molar refractivity (Wildman–Crippen MR) is 191 cm³/mol. The number of alkyl halides is 1. The number of hydrogen-bond acceptors (Lipinski definition) is 5. The van der Waals surface area contributed by atoms with Crippen molar-refractivity contribution < 1.29 is 36.9 Å². The number of carboxylic acids is 1. The number of rotatable bonds is 5. The van der Waals surface area contributed by atoms with Crippen molar-refractivity contribution in [1.82, 2.24) is 0 Å². The summed E-state index contributed by atoms with van der Waals surface area (Å²) in [6.07, 6.45) is 7.90. The van der Waals surface area contributed by atoms with Crippen molar-refractivity contribution in [3.63, 3.8) is 0 Å². The van der Waals surface area contributed by atoms with Gasteiger partial charge in [0, 0.05) is 51.5 Å². The average Bonchev–Trinajstić information content (AvgIpc) is 2.90. The second-order valence-electron chi connectivity index (χ2n) is 16.4. The van der Waals surface area contributed by atoms with E-state index in [0.29, 0.717) is 11.5 Å². The minimum atomic E-state index is -0.980. The molecule has 2 atom stereocenters. The molecule has 1 aliphatic rings. The molecule has 259 valence electrons. The van der Waals surface area contributed by atoms with Gasteiger partial charge in [0.25, 0.3) is 0 Å². The molecule has 0 saturated heterocycles. The van der Waals surface area contributed by atoms with Crippen LogP contribution < -0.4 is 0 Å². The van der Waals surface area contributed by atoms with E-state index in [1.807, 2.05) is 12.4 Å². The summed E-state index contributed by atoms with van der Waals surface area (Å²) in [6.45, 7) is 26.0. The molecule has 0 amide bonds. The Morgan fingerprint density at radius 3 is 1.24 bits per heavy atom. The molecule has 1 radical (unpaired) electrons. The molecule has 3 N–H and O–H groups in total. The SMILES string of the molecule is CC(C)(C)c1cc(C=NC2CCCCC2N=Cc2cc(C(C)(C)C)cc(C(C)(C)C)c2O)c(O)c(C(C)(C)C)c1.O=C(O)CCl.[Co]. The zero-order valence-electron chi connectivity index (χ0n) is 30.0. The van der Waals surface area contributed by atoms with Crippen LogP contribution in [0.15, 0.2) is 34.3 Å². The Morgan fingerprint density at radius 1 is 0.696 bits per heavy atom. The molecule has 8 heteroatoms. The molecule has 2 unspecified atom stereocenters. The minimum absolute atomic E-state index is 0. The molecular formula is C38H57ClCoN2O4. The maximum atomic E-state index is 11.2. The van der Waals surface area contributed by atoms with E-state index in [4.69, 9.17) is 26.7 Å².